The standard InChI is InChI=1S/C21H16O5/c1-11-14-8-16-18(10-17(14)26-21(24)15(11)9-19(22)23)25-12(2)20(16)13-6-4-3-5-7-13/h3-8,10H,9H2,1-2H3,(H,22,23)/p-1. The predicted octanol–water partition coefficient (Wildman–Crippen LogP) is 3.12. The number of carbonyl (C=O) groups excluding carboxylic acids is 1. The van der Waals surface area contributed by atoms with Crippen molar-refractivity contribution in [1.82, 2.24) is 0 Å². The number of aryl methyl sites for hydroxylation is 2. The smallest absolute Gasteiger partial charge is 0.340 e. The molecule has 26 heavy (non-hydrogen) atoms. The molecule has 0 saturated heterocycles. The molecule has 0 fully saturated rings. The van der Waals surface area contributed by atoms with E-state index in [9.17, 15) is 14.7 Å². The third-order valence-corrected chi connectivity index (χ3v) is 4.66. The van der Waals surface area contributed by atoms with Crippen molar-refractivity contribution in [3.63, 3.8) is 0 Å². The van der Waals surface area contributed by atoms with Gasteiger partial charge in [0, 0.05) is 40.4 Å². The molecule has 0 amide bonds. The first-order valence-electron chi connectivity index (χ1n) is 8.20. The molecular weight excluding hydrogens is 332 g/mol. The first kappa shape index (κ1) is 16.1. The second-order valence-corrected chi connectivity index (χ2v) is 6.29. The molecule has 130 valence electrons. The van der Waals surface area contributed by atoms with E-state index in [0.717, 1.165) is 22.3 Å². The zero-order chi connectivity index (χ0) is 18.4. The molecule has 4 aromatic rings. The van der Waals surface area contributed by atoms with Gasteiger partial charge in [-0.1, -0.05) is 30.3 Å². The fourth-order valence-corrected chi connectivity index (χ4v) is 3.41. The van der Waals surface area contributed by atoms with Crippen LogP contribution in [0.3, 0.4) is 0 Å². The van der Waals surface area contributed by atoms with Gasteiger partial charge in [-0.3, -0.25) is 0 Å². The summed E-state index contributed by atoms with van der Waals surface area (Å²) in [5.74, 6) is -0.554. The van der Waals surface area contributed by atoms with Crippen LogP contribution in [0.1, 0.15) is 16.9 Å². The molecular formula is C21H15O5-. The Balaban J connectivity index is 2.06. The summed E-state index contributed by atoms with van der Waals surface area (Å²) in [6.07, 6.45) is -0.474. The van der Waals surface area contributed by atoms with E-state index in [-0.39, 0.29) is 5.56 Å². The maximum atomic E-state index is 12.1. The normalized spacial score (nSPS) is 11.3. The Bertz CT molecular complexity index is 1210. The van der Waals surface area contributed by atoms with Crippen LogP contribution in [0.15, 0.2) is 56.1 Å². The largest absolute Gasteiger partial charge is 0.550 e. The summed E-state index contributed by atoms with van der Waals surface area (Å²) >= 11 is 0. The zero-order valence-corrected chi connectivity index (χ0v) is 14.3. The highest BCUT2D eigenvalue weighted by molar-refractivity contribution is 6.03. The number of rotatable bonds is 3. The van der Waals surface area contributed by atoms with Crippen molar-refractivity contribution < 1.29 is 18.7 Å². The number of hydrogen-bond acceptors (Lipinski definition) is 5. The quantitative estimate of drug-likeness (QED) is 0.532. The van der Waals surface area contributed by atoms with Crippen molar-refractivity contribution in [3.8, 4) is 11.1 Å². The predicted molar refractivity (Wildman–Crippen MR) is 95.9 cm³/mol. The van der Waals surface area contributed by atoms with Crippen LogP contribution in [-0.4, -0.2) is 5.97 Å². The summed E-state index contributed by atoms with van der Waals surface area (Å²) in [4.78, 5) is 23.1. The van der Waals surface area contributed by atoms with Gasteiger partial charge in [0.2, 0.25) is 0 Å². The van der Waals surface area contributed by atoms with Gasteiger partial charge in [0.05, 0.1) is 0 Å². The lowest BCUT2D eigenvalue weighted by molar-refractivity contribution is -0.304. The van der Waals surface area contributed by atoms with E-state index in [1.54, 1.807) is 13.0 Å². The molecule has 0 bridgehead atoms. The fourth-order valence-electron chi connectivity index (χ4n) is 3.41. The lowest BCUT2D eigenvalue weighted by atomic mass is 9.98. The van der Waals surface area contributed by atoms with Crippen LogP contribution in [-0.2, 0) is 11.2 Å². The Hall–Kier alpha value is -3.34. The Morgan fingerprint density at radius 2 is 1.69 bits per heavy atom. The number of benzene rings is 2. The molecule has 0 unspecified atom stereocenters. The van der Waals surface area contributed by atoms with E-state index in [2.05, 4.69) is 0 Å². The summed E-state index contributed by atoms with van der Waals surface area (Å²) < 4.78 is 11.2. The maximum absolute atomic E-state index is 12.1. The molecule has 4 rings (SSSR count). The van der Waals surface area contributed by atoms with Crippen LogP contribution in [0.2, 0.25) is 0 Å². The molecule has 0 atom stereocenters. The van der Waals surface area contributed by atoms with Crippen LogP contribution in [0.25, 0.3) is 33.1 Å². The molecule has 2 aromatic carbocycles. The topological polar surface area (TPSA) is 83.5 Å². The molecule has 5 nitrogen and oxygen atoms in total. The van der Waals surface area contributed by atoms with Gasteiger partial charge >= 0.3 is 5.63 Å². The Kier molecular flexibility index (Phi) is 3.65. The maximum Gasteiger partial charge on any atom is 0.340 e. The first-order valence-corrected chi connectivity index (χ1v) is 8.20. The second kappa shape index (κ2) is 5.88. The molecule has 0 spiro atoms. The molecule has 2 aromatic heterocycles. The minimum Gasteiger partial charge on any atom is -0.550 e. The van der Waals surface area contributed by atoms with Gasteiger partial charge in [0.1, 0.15) is 16.9 Å². The highest BCUT2D eigenvalue weighted by Gasteiger charge is 2.17. The number of carboxylic acid groups (broad SMARTS) is 1. The van der Waals surface area contributed by atoms with Crippen molar-refractivity contribution in [2.45, 2.75) is 20.3 Å². The number of fused-ring (bicyclic) bond motifs is 2. The minimum atomic E-state index is -1.31. The van der Waals surface area contributed by atoms with Crippen molar-refractivity contribution in [2.24, 2.45) is 0 Å². The van der Waals surface area contributed by atoms with Crippen LogP contribution in [0, 0.1) is 13.8 Å². The van der Waals surface area contributed by atoms with Gasteiger partial charge < -0.3 is 18.7 Å². The molecule has 2 heterocycles. The van der Waals surface area contributed by atoms with Crippen molar-refractivity contribution in [2.75, 3.05) is 0 Å². The third kappa shape index (κ3) is 2.49. The van der Waals surface area contributed by atoms with Crippen LogP contribution in [0.5, 0.6) is 0 Å². The molecule has 0 aliphatic carbocycles. The Labute approximate surface area is 148 Å². The molecule has 0 saturated carbocycles. The average Bonchev–Trinajstić information content (AvgIpc) is 2.92. The number of carboxylic acids is 1. The average molecular weight is 347 g/mol. The van der Waals surface area contributed by atoms with Gasteiger partial charge in [-0.2, -0.15) is 0 Å². The van der Waals surface area contributed by atoms with Crippen LogP contribution < -0.4 is 10.7 Å². The highest BCUT2D eigenvalue weighted by Crippen LogP contribution is 2.37. The summed E-state index contributed by atoms with van der Waals surface area (Å²) in [5.41, 5.74) is 3.01. The van der Waals surface area contributed by atoms with Gasteiger partial charge in [-0.25, -0.2) is 4.79 Å². The molecule has 0 radical (unpaired) electrons. The number of furan rings is 1. The van der Waals surface area contributed by atoms with Crippen molar-refractivity contribution >= 4 is 27.9 Å². The molecule has 5 heteroatoms. The van der Waals surface area contributed by atoms with E-state index in [0.29, 0.717) is 22.1 Å². The van der Waals surface area contributed by atoms with E-state index < -0.39 is 18.0 Å². The summed E-state index contributed by atoms with van der Waals surface area (Å²) in [6, 6.07) is 13.4. The Morgan fingerprint density at radius 3 is 2.38 bits per heavy atom. The first-order chi connectivity index (χ1) is 12.5. The third-order valence-electron chi connectivity index (χ3n) is 4.66. The monoisotopic (exact) mass is 347 g/mol. The van der Waals surface area contributed by atoms with Gasteiger partial charge in [0.25, 0.3) is 0 Å². The van der Waals surface area contributed by atoms with Crippen LogP contribution >= 0.6 is 0 Å². The lowest BCUT2D eigenvalue weighted by Gasteiger charge is -2.08. The van der Waals surface area contributed by atoms with Crippen molar-refractivity contribution in [1.29, 1.82) is 0 Å². The van der Waals surface area contributed by atoms with Gasteiger partial charge in [-0.05, 0) is 31.0 Å². The SMILES string of the molecule is Cc1oc2cc3oc(=O)c(CC(=O)[O-])c(C)c3cc2c1-c1ccccc1. The number of carbonyl (C=O) groups is 1. The van der Waals surface area contributed by atoms with E-state index in [1.165, 1.54) is 0 Å². The number of hydrogen-bond donors (Lipinski definition) is 0. The van der Waals surface area contributed by atoms with E-state index in [4.69, 9.17) is 8.83 Å². The summed E-state index contributed by atoms with van der Waals surface area (Å²) in [5, 5.41) is 12.5. The summed E-state index contributed by atoms with van der Waals surface area (Å²) in [7, 11) is 0. The molecule has 0 N–H and O–H groups in total. The Morgan fingerprint density at radius 1 is 1.00 bits per heavy atom. The molecule has 0 aliphatic heterocycles. The van der Waals surface area contributed by atoms with Crippen molar-refractivity contribution in [3.05, 3.63) is 69.8 Å². The van der Waals surface area contributed by atoms with Gasteiger partial charge in [-0.15, -0.1) is 0 Å². The number of aliphatic carboxylic acids is 1. The van der Waals surface area contributed by atoms with Gasteiger partial charge in [0.15, 0.2) is 0 Å². The fraction of sp³-hybridized carbons (Fsp3) is 0.143. The zero-order valence-electron chi connectivity index (χ0n) is 14.3. The lowest BCUT2D eigenvalue weighted by Crippen LogP contribution is -2.27. The highest BCUT2D eigenvalue weighted by atomic mass is 16.4. The van der Waals surface area contributed by atoms with E-state index >= 15 is 0 Å². The molecule has 0 aliphatic rings. The van der Waals surface area contributed by atoms with Crippen LogP contribution in [0.4, 0.5) is 0 Å². The summed E-state index contributed by atoms with van der Waals surface area (Å²) in [6.45, 7) is 3.61. The second-order valence-electron chi connectivity index (χ2n) is 6.29. The van der Waals surface area contributed by atoms with E-state index in [1.807, 2.05) is 43.3 Å². The minimum absolute atomic E-state index is 0.110.